The Kier molecular flexibility index (Phi) is 3.90. The molecule has 1 aromatic carbocycles. The van der Waals surface area contributed by atoms with Gasteiger partial charge in [0.15, 0.2) is 0 Å². The highest BCUT2D eigenvalue weighted by Gasteiger charge is 2.19. The first-order valence-electron chi connectivity index (χ1n) is 7.87. The molecule has 1 N–H and O–H groups in total. The van der Waals surface area contributed by atoms with Crippen LogP contribution in [0.4, 0.5) is 5.69 Å². The molecule has 4 nitrogen and oxygen atoms in total. The zero-order chi connectivity index (χ0) is 16.6. The molecule has 2 heterocycles. The van der Waals surface area contributed by atoms with Gasteiger partial charge in [0.05, 0.1) is 5.69 Å². The van der Waals surface area contributed by atoms with Gasteiger partial charge in [-0.25, -0.2) is 4.98 Å². The Morgan fingerprint density at radius 3 is 2.61 bits per heavy atom. The molecule has 0 aliphatic carbocycles. The molecule has 118 valence electrons. The highest BCUT2D eigenvalue weighted by Crippen LogP contribution is 2.21. The number of pyridine rings is 1. The van der Waals surface area contributed by atoms with Gasteiger partial charge in [-0.1, -0.05) is 25.1 Å². The number of carbonyl (C=O) groups is 1. The Bertz CT molecular complexity index is 893. The van der Waals surface area contributed by atoms with Crippen molar-refractivity contribution in [3.05, 3.63) is 64.6 Å². The second kappa shape index (κ2) is 5.88. The standard InChI is InChI=1S/C19H21N3O/c1-5-15-17(22-11-7-9-13(3)18(22)20-15)19(23)21-16-10-6-8-12(2)14(16)4/h6-11H,5H2,1-4H3,(H,21,23). The molecule has 0 radical (unpaired) electrons. The molecule has 4 heteroatoms. The summed E-state index contributed by atoms with van der Waals surface area (Å²) in [5, 5.41) is 3.04. The average molecular weight is 307 g/mol. The van der Waals surface area contributed by atoms with E-state index in [1.54, 1.807) is 0 Å². The maximum atomic E-state index is 12.9. The molecule has 0 bridgehead atoms. The molecule has 0 spiro atoms. The van der Waals surface area contributed by atoms with Gasteiger partial charge in [0.1, 0.15) is 11.3 Å². The van der Waals surface area contributed by atoms with Crippen molar-refractivity contribution >= 4 is 17.2 Å². The summed E-state index contributed by atoms with van der Waals surface area (Å²) in [5.41, 5.74) is 6.44. The fraction of sp³-hybridized carbons (Fsp3) is 0.263. The minimum absolute atomic E-state index is 0.117. The summed E-state index contributed by atoms with van der Waals surface area (Å²) in [4.78, 5) is 17.5. The van der Waals surface area contributed by atoms with E-state index in [4.69, 9.17) is 0 Å². The number of rotatable bonds is 3. The van der Waals surface area contributed by atoms with Crippen LogP contribution < -0.4 is 5.32 Å². The minimum Gasteiger partial charge on any atom is -0.320 e. The zero-order valence-electron chi connectivity index (χ0n) is 14.0. The first-order chi connectivity index (χ1) is 11.0. The van der Waals surface area contributed by atoms with Gasteiger partial charge >= 0.3 is 0 Å². The lowest BCUT2D eigenvalue weighted by Gasteiger charge is -2.11. The summed E-state index contributed by atoms with van der Waals surface area (Å²) in [6.07, 6.45) is 2.61. The summed E-state index contributed by atoms with van der Waals surface area (Å²) in [5.74, 6) is -0.117. The molecule has 0 aliphatic rings. The summed E-state index contributed by atoms with van der Waals surface area (Å²) in [7, 11) is 0. The molecule has 3 aromatic rings. The van der Waals surface area contributed by atoms with Gasteiger partial charge in [-0.15, -0.1) is 0 Å². The SMILES string of the molecule is CCc1nc2c(C)cccn2c1C(=O)Nc1cccc(C)c1C. The van der Waals surface area contributed by atoms with Gasteiger partial charge < -0.3 is 5.32 Å². The summed E-state index contributed by atoms with van der Waals surface area (Å²) < 4.78 is 1.88. The second-order valence-electron chi connectivity index (χ2n) is 5.85. The van der Waals surface area contributed by atoms with Gasteiger partial charge in [0, 0.05) is 11.9 Å². The number of anilines is 1. The van der Waals surface area contributed by atoms with E-state index in [-0.39, 0.29) is 5.91 Å². The predicted molar refractivity (Wildman–Crippen MR) is 93.2 cm³/mol. The van der Waals surface area contributed by atoms with Crippen molar-refractivity contribution in [1.82, 2.24) is 9.38 Å². The van der Waals surface area contributed by atoms with Gasteiger partial charge in [-0.3, -0.25) is 9.20 Å². The lowest BCUT2D eigenvalue weighted by Crippen LogP contribution is -2.17. The second-order valence-corrected chi connectivity index (χ2v) is 5.85. The van der Waals surface area contributed by atoms with Crippen molar-refractivity contribution in [3.8, 4) is 0 Å². The molecule has 0 unspecified atom stereocenters. The fourth-order valence-electron chi connectivity index (χ4n) is 2.81. The number of benzene rings is 1. The van der Waals surface area contributed by atoms with Crippen LogP contribution in [0.15, 0.2) is 36.5 Å². The predicted octanol–water partition coefficient (Wildman–Crippen LogP) is 4.07. The highest BCUT2D eigenvalue weighted by molar-refractivity contribution is 6.05. The summed E-state index contributed by atoms with van der Waals surface area (Å²) >= 11 is 0. The number of aryl methyl sites for hydroxylation is 3. The van der Waals surface area contributed by atoms with Crippen LogP contribution in [0.3, 0.4) is 0 Å². The third-order valence-electron chi connectivity index (χ3n) is 4.32. The van der Waals surface area contributed by atoms with Gasteiger partial charge in [0.2, 0.25) is 0 Å². The van der Waals surface area contributed by atoms with Crippen LogP contribution in [0.1, 0.15) is 39.8 Å². The molecule has 0 atom stereocenters. The molecule has 2 aromatic heterocycles. The number of nitrogens with zero attached hydrogens (tertiary/aromatic N) is 2. The lowest BCUT2D eigenvalue weighted by atomic mass is 10.1. The van der Waals surface area contributed by atoms with Crippen molar-refractivity contribution in [2.45, 2.75) is 34.1 Å². The van der Waals surface area contributed by atoms with Crippen LogP contribution in [-0.4, -0.2) is 15.3 Å². The van der Waals surface area contributed by atoms with Crippen molar-refractivity contribution < 1.29 is 4.79 Å². The Morgan fingerprint density at radius 2 is 1.87 bits per heavy atom. The molecule has 0 fully saturated rings. The molecule has 1 amide bonds. The van der Waals surface area contributed by atoms with E-state index in [1.165, 1.54) is 0 Å². The third-order valence-corrected chi connectivity index (χ3v) is 4.32. The lowest BCUT2D eigenvalue weighted by molar-refractivity contribution is 0.102. The quantitative estimate of drug-likeness (QED) is 0.792. The first kappa shape index (κ1) is 15.3. The number of aromatic nitrogens is 2. The number of imidazole rings is 1. The molecular formula is C19H21N3O. The fourth-order valence-corrected chi connectivity index (χ4v) is 2.81. The smallest absolute Gasteiger partial charge is 0.274 e. The van der Waals surface area contributed by atoms with Gasteiger partial charge in [-0.2, -0.15) is 0 Å². The van der Waals surface area contributed by atoms with E-state index in [1.807, 2.05) is 68.6 Å². The average Bonchev–Trinajstić information content (AvgIpc) is 2.92. The molecule has 0 saturated heterocycles. The van der Waals surface area contributed by atoms with Gasteiger partial charge in [0.25, 0.3) is 5.91 Å². The molecule has 0 aliphatic heterocycles. The number of amides is 1. The number of nitrogens with one attached hydrogen (secondary N) is 1. The Balaban J connectivity index is 2.07. The third kappa shape index (κ3) is 2.61. The minimum atomic E-state index is -0.117. The van der Waals surface area contributed by atoms with E-state index >= 15 is 0 Å². The van der Waals surface area contributed by atoms with E-state index < -0.39 is 0 Å². The van der Waals surface area contributed by atoms with Crippen LogP contribution in [0.25, 0.3) is 5.65 Å². The van der Waals surface area contributed by atoms with E-state index in [9.17, 15) is 4.79 Å². The van der Waals surface area contributed by atoms with Crippen LogP contribution >= 0.6 is 0 Å². The molecular weight excluding hydrogens is 286 g/mol. The zero-order valence-corrected chi connectivity index (χ0v) is 14.0. The van der Waals surface area contributed by atoms with Crippen LogP contribution in [0, 0.1) is 20.8 Å². The van der Waals surface area contributed by atoms with Crippen molar-refractivity contribution in [2.75, 3.05) is 5.32 Å². The normalized spacial score (nSPS) is 11.0. The molecule has 0 saturated carbocycles. The van der Waals surface area contributed by atoms with Crippen molar-refractivity contribution in [3.63, 3.8) is 0 Å². The highest BCUT2D eigenvalue weighted by atomic mass is 16.2. The Labute approximate surface area is 136 Å². The van der Waals surface area contributed by atoms with Crippen molar-refractivity contribution in [1.29, 1.82) is 0 Å². The number of hydrogen-bond donors (Lipinski definition) is 1. The Hall–Kier alpha value is -2.62. The van der Waals surface area contributed by atoms with Crippen molar-refractivity contribution in [2.24, 2.45) is 0 Å². The number of hydrogen-bond acceptors (Lipinski definition) is 2. The van der Waals surface area contributed by atoms with Crippen LogP contribution in [0.2, 0.25) is 0 Å². The van der Waals surface area contributed by atoms with Gasteiger partial charge in [-0.05, 0) is 56.0 Å². The molecule has 23 heavy (non-hydrogen) atoms. The largest absolute Gasteiger partial charge is 0.320 e. The monoisotopic (exact) mass is 307 g/mol. The maximum absolute atomic E-state index is 12.9. The number of carbonyl (C=O) groups excluding carboxylic acids is 1. The maximum Gasteiger partial charge on any atom is 0.274 e. The summed E-state index contributed by atoms with van der Waals surface area (Å²) in [6, 6.07) is 9.88. The summed E-state index contributed by atoms with van der Waals surface area (Å²) in [6.45, 7) is 8.09. The van der Waals surface area contributed by atoms with E-state index in [2.05, 4.69) is 10.3 Å². The number of fused-ring (bicyclic) bond motifs is 1. The van der Waals surface area contributed by atoms with Crippen LogP contribution in [-0.2, 0) is 6.42 Å². The first-order valence-corrected chi connectivity index (χ1v) is 7.87. The van der Waals surface area contributed by atoms with E-state index in [0.717, 1.165) is 40.1 Å². The van der Waals surface area contributed by atoms with E-state index in [0.29, 0.717) is 5.69 Å². The topological polar surface area (TPSA) is 46.4 Å². The Morgan fingerprint density at radius 1 is 1.13 bits per heavy atom. The molecule has 3 rings (SSSR count). The van der Waals surface area contributed by atoms with Crippen LogP contribution in [0.5, 0.6) is 0 Å².